The lowest BCUT2D eigenvalue weighted by Crippen LogP contribution is -2.33. The molecular formula is C8H10N2O3S2. The molecule has 1 aliphatic heterocycles. The standard InChI is InChI=1S/C8H10N2O3S2/c1-15(11,12)13-6-10-3-2-8-7(5-10)4-9-14-8/h2,4-5H,3,6H2,1H3. The van der Waals surface area contributed by atoms with Gasteiger partial charge in [0.1, 0.15) is 6.73 Å². The molecule has 0 N–H and O–H groups in total. The van der Waals surface area contributed by atoms with Gasteiger partial charge in [0.05, 0.1) is 10.8 Å². The summed E-state index contributed by atoms with van der Waals surface area (Å²) < 4.78 is 31.4. The van der Waals surface area contributed by atoms with E-state index in [1.54, 1.807) is 11.1 Å². The van der Waals surface area contributed by atoms with Gasteiger partial charge >= 0.3 is 0 Å². The second-order valence-corrected chi connectivity index (χ2v) is 5.68. The van der Waals surface area contributed by atoms with Crippen molar-refractivity contribution >= 4 is 33.9 Å². The van der Waals surface area contributed by atoms with Gasteiger partial charge in [-0.3, -0.25) is 0 Å². The predicted octanol–water partition coefficient (Wildman–Crippen LogP) is -1.09. The fourth-order valence-corrected chi connectivity index (χ4v) is 2.18. The lowest BCUT2D eigenvalue weighted by atomic mass is 10.3. The van der Waals surface area contributed by atoms with Crippen LogP contribution in [0.5, 0.6) is 0 Å². The van der Waals surface area contributed by atoms with E-state index in [1.165, 1.54) is 11.5 Å². The molecule has 0 saturated carbocycles. The maximum atomic E-state index is 10.8. The molecule has 0 saturated heterocycles. The van der Waals surface area contributed by atoms with Crippen molar-refractivity contribution in [3.05, 3.63) is 15.9 Å². The molecule has 0 bridgehead atoms. The van der Waals surface area contributed by atoms with E-state index in [0.29, 0.717) is 6.54 Å². The summed E-state index contributed by atoms with van der Waals surface area (Å²) in [7, 11) is -3.38. The fourth-order valence-electron chi connectivity index (χ4n) is 1.21. The van der Waals surface area contributed by atoms with Crippen LogP contribution >= 0.6 is 11.5 Å². The van der Waals surface area contributed by atoms with E-state index >= 15 is 0 Å². The summed E-state index contributed by atoms with van der Waals surface area (Å²) in [5.41, 5.74) is 0. The van der Waals surface area contributed by atoms with Crippen molar-refractivity contribution in [1.82, 2.24) is 9.27 Å². The molecule has 1 aromatic heterocycles. The first kappa shape index (κ1) is 10.6. The quantitative estimate of drug-likeness (QED) is 0.634. The summed E-state index contributed by atoms with van der Waals surface area (Å²) in [5.74, 6) is 0. The summed E-state index contributed by atoms with van der Waals surface area (Å²) in [5, 5.41) is 1.00. The Balaban J connectivity index is 2.10. The Morgan fingerprint density at radius 1 is 1.67 bits per heavy atom. The number of nitrogens with zero attached hydrogens (tertiary/aromatic N) is 2. The van der Waals surface area contributed by atoms with Crippen LogP contribution in [0.1, 0.15) is 0 Å². The van der Waals surface area contributed by atoms with Crippen LogP contribution in [-0.2, 0) is 14.3 Å². The van der Waals surface area contributed by atoms with Crippen LogP contribution in [0.3, 0.4) is 0 Å². The van der Waals surface area contributed by atoms with Gasteiger partial charge in [-0.15, -0.1) is 0 Å². The molecule has 2 rings (SSSR count). The van der Waals surface area contributed by atoms with Gasteiger partial charge in [0.15, 0.2) is 0 Å². The van der Waals surface area contributed by atoms with Crippen molar-refractivity contribution < 1.29 is 12.6 Å². The van der Waals surface area contributed by atoms with E-state index in [-0.39, 0.29) is 6.73 Å². The second-order valence-electron chi connectivity index (χ2n) is 3.20. The number of hydrogen-bond donors (Lipinski definition) is 0. The normalized spacial score (nSPS) is 15.4. The number of rotatable bonds is 3. The van der Waals surface area contributed by atoms with E-state index in [1.807, 2.05) is 12.3 Å². The zero-order valence-corrected chi connectivity index (χ0v) is 9.71. The Kier molecular flexibility index (Phi) is 2.76. The molecule has 0 aliphatic carbocycles. The highest BCUT2D eigenvalue weighted by molar-refractivity contribution is 7.85. The second kappa shape index (κ2) is 3.92. The highest BCUT2D eigenvalue weighted by atomic mass is 32.2. The van der Waals surface area contributed by atoms with E-state index in [2.05, 4.69) is 4.37 Å². The Labute approximate surface area is 91.6 Å². The van der Waals surface area contributed by atoms with Crippen molar-refractivity contribution in [1.29, 1.82) is 0 Å². The molecule has 15 heavy (non-hydrogen) atoms. The predicted molar refractivity (Wildman–Crippen MR) is 57.8 cm³/mol. The van der Waals surface area contributed by atoms with Crippen LogP contribution in [-0.4, -0.2) is 37.2 Å². The van der Waals surface area contributed by atoms with Gasteiger partial charge in [-0.25, -0.2) is 4.18 Å². The molecule has 0 atom stereocenters. The summed E-state index contributed by atoms with van der Waals surface area (Å²) in [6, 6.07) is 0. The molecule has 1 aliphatic rings. The molecule has 0 fully saturated rings. The third-order valence-corrected chi connectivity index (χ3v) is 3.24. The van der Waals surface area contributed by atoms with Crippen molar-refractivity contribution in [2.24, 2.45) is 0 Å². The molecule has 0 amide bonds. The van der Waals surface area contributed by atoms with Gasteiger partial charge in [0.2, 0.25) is 0 Å². The molecule has 2 heterocycles. The van der Waals surface area contributed by atoms with Crippen molar-refractivity contribution in [2.45, 2.75) is 0 Å². The monoisotopic (exact) mass is 246 g/mol. The van der Waals surface area contributed by atoms with Gasteiger partial charge in [-0.2, -0.15) is 12.8 Å². The number of fused-ring (bicyclic) bond motifs is 1. The van der Waals surface area contributed by atoms with Crippen LogP contribution in [0.15, 0.2) is 6.20 Å². The zero-order valence-electron chi connectivity index (χ0n) is 8.08. The summed E-state index contributed by atoms with van der Waals surface area (Å²) >= 11 is 1.43. The van der Waals surface area contributed by atoms with Crippen LogP contribution in [0, 0.1) is 0 Å². The minimum Gasteiger partial charge on any atom is -0.349 e. The third-order valence-electron chi connectivity index (χ3n) is 1.89. The van der Waals surface area contributed by atoms with Crippen LogP contribution < -0.4 is 9.75 Å². The molecule has 82 valence electrons. The van der Waals surface area contributed by atoms with Crippen LogP contribution in [0.2, 0.25) is 0 Å². The highest BCUT2D eigenvalue weighted by Crippen LogP contribution is 1.97. The average Bonchev–Trinajstić information content (AvgIpc) is 2.60. The van der Waals surface area contributed by atoms with Gasteiger partial charge in [-0.1, -0.05) is 0 Å². The Hall–Kier alpha value is -0.920. The van der Waals surface area contributed by atoms with Crippen LogP contribution in [0.25, 0.3) is 12.3 Å². The lowest BCUT2D eigenvalue weighted by Gasteiger charge is -2.18. The molecule has 7 heteroatoms. The van der Waals surface area contributed by atoms with Crippen LogP contribution in [0.4, 0.5) is 0 Å². The largest absolute Gasteiger partial charge is 0.349 e. The maximum Gasteiger partial charge on any atom is 0.266 e. The molecule has 0 aromatic carbocycles. The topological polar surface area (TPSA) is 59.5 Å². The SMILES string of the molecule is CS(=O)(=O)OCN1C=c2cnsc2=CC1. The molecule has 0 spiro atoms. The molecule has 0 radical (unpaired) electrons. The first-order valence-corrected chi connectivity index (χ1v) is 6.85. The van der Waals surface area contributed by atoms with Crippen molar-refractivity contribution in [3.8, 4) is 0 Å². The Morgan fingerprint density at radius 3 is 3.20 bits per heavy atom. The molecular weight excluding hydrogens is 236 g/mol. The molecule has 0 unspecified atom stereocenters. The third kappa shape index (κ3) is 2.77. The van der Waals surface area contributed by atoms with Gasteiger partial charge in [0.25, 0.3) is 10.1 Å². The summed E-state index contributed by atoms with van der Waals surface area (Å²) in [6.07, 6.45) is 6.64. The summed E-state index contributed by atoms with van der Waals surface area (Å²) in [6.45, 7) is 0.690. The molecule has 1 aromatic rings. The average molecular weight is 246 g/mol. The van der Waals surface area contributed by atoms with Crippen molar-refractivity contribution in [2.75, 3.05) is 19.5 Å². The highest BCUT2D eigenvalue weighted by Gasteiger charge is 2.07. The first-order chi connectivity index (χ1) is 7.04. The van der Waals surface area contributed by atoms with Gasteiger partial charge in [0, 0.05) is 24.2 Å². The van der Waals surface area contributed by atoms with Gasteiger partial charge < -0.3 is 4.90 Å². The van der Waals surface area contributed by atoms with E-state index in [0.717, 1.165) is 16.0 Å². The van der Waals surface area contributed by atoms with E-state index < -0.39 is 10.1 Å². The lowest BCUT2D eigenvalue weighted by molar-refractivity contribution is 0.209. The van der Waals surface area contributed by atoms with Gasteiger partial charge in [-0.05, 0) is 17.6 Å². The Bertz CT molecular complexity index is 561. The Morgan fingerprint density at radius 2 is 2.47 bits per heavy atom. The molecule has 5 nitrogen and oxygen atoms in total. The zero-order chi connectivity index (χ0) is 10.9. The van der Waals surface area contributed by atoms with E-state index in [9.17, 15) is 8.42 Å². The number of hydrogen-bond acceptors (Lipinski definition) is 6. The first-order valence-electron chi connectivity index (χ1n) is 4.26. The minimum atomic E-state index is -3.38. The maximum absolute atomic E-state index is 10.8. The summed E-state index contributed by atoms with van der Waals surface area (Å²) in [4.78, 5) is 1.78. The minimum absolute atomic E-state index is 0.0462. The van der Waals surface area contributed by atoms with Crippen molar-refractivity contribution in [3.63, 3.8) is 0 Å². The number of aromatic nitrogens is 1. The van der Waals surface area contributed by atoms with E-state index in [4.69, 9.17) is 4.18 Å². The smallest absolute Gasteiger partial charge is 0.266 e. The fraction of sp³-hybridized carbons (Fsp3) is 0.375.